The van der Waals surface area contributed by atoms with Gasteiger partial charge in [-0.05, 0) is 43.6 Å². The number of carbonyl (C=O) groups excluding carboxylic acids is 1. The second-order valence-electron chi connectivity index (χ2n) is 8.05. The molecule has 0 bridgehead atoms. The van der Waals surface area contributed by atoms with E-state index in [1.807, 2.05) is 48.5 Å². The van der Waals surface area contributed by atoms with Gasteiger partial charge >= 0.3 is 0 Å². The number of piperidine rings is 1. The minimum absolute atomic E-state index is 0.0383. The number of hydrogen-bond acceptors (Lipinski definition) is 5. The summed E-state index contributed by atoms with van der Waals surface area (Å²) in [7, 11) is 3.59. The molecule has 0 N–H and O–H groups in total. The fraction of sp³-hybridized carbons (Fsp3) is 0.375. The molecule has 2 heterocycles. The standard InChI is InChI=1S/C24H29N5OS/c1-27(2)23(30)22(19-12-6-3-7-13-19)31-24-26-25-21(18-28-16-10-5-11-17-28)29(24)20-14-8-4-9-15-20/h3-4,6-9,12-15,22H,5,10-11,16-18H2,1-2H3. The molecule has 7 heteroatoms. The van der Waals surface area contributed by atoms with E-state index in [-0.39, 0.29) is 11.2 Å². The zero-order valence-corrected chi connectivity index (χ0v) is 19.0. The van der Waals surface area contributed by atoms with Crippen molar-refractivity contribution in [2.75, 3.05) is 27.2 Å². The van der Waals surface area contributed by atoms with E-state index in [0.29, 0.717) is 0 Å². The predicted octanol–water partition coefficient (Wildman–Crippen LogP) is 4.17. The van der Waals surface area contributed by atoms with Gasteiger partial charge in [0.25, 0.3) is 0 Å². The Labute approximate surface area is 188 Å². The number of hydrogen-bond donors (Lipinski definition) is 0. The van der Waals surface area contributed by atoms with E-state index in [1.165, 1.54) is 31.0 Å². The van der Waals surface area contributed by atoms with Crippen molar-refractivity contribution < 1.29 is 4.79 Å². The Morgan fingerprint density at radius 1 is 0.968 bits per heavy atom. The van der Waals surface area contributed by atoms with Crippen molar-refractivity contribution >= 4 is 17.7 Å². The lowest BCUT2D eigenvalue weighted by Gasteiger charge is -2.26. The SMILES string of the molecule is CN(C)C(=O)C(Sc1nnc(CN2CCCCC2)n1-c1ccccc1)c1ccccc1. The normalized spacial score (nSPS) is 15.5. The van der Waals surface area contributed by atoms with Crippen molar-refractivity contribution in [1.29, 1.82) is 0 Å². The molecule has 0 radical (unpaired) electrons. The number of aromatic nitrogens is 3. The number of likely N-dealkylation sites (tertiary alicyclic amines) is 1. The zero-order chi connectivity index (χ0) is 21.6. The van der Waals surface area contributed by atoms with Gasteiger partial charge < -0.3 is 4.90 Å². The van der Waals surface area contributed by atoms with Crippen molar-refractivity contribution in [2.45, 2.75) is 36.2 Å². The first-order valence-corrected chi connectivity index (χ1v) is 11.7. The summed E-state index contributed by atoms with van der Waals surface area (Å²) >= 11 is 1.46. The average molecular weight is 436 g/mol. The highest BCUT2D eigenvalue weighted by atomic mass is 32.2. The molecule has 1 atom stereocenters. The van der Waals surface area contributed by atoms with Crippen LogP contribution in [0.15, 0.2) is 65.8 Å². The summed E-state index contributed by atoms with van der Waals surface area (Å²) in [6.45, 7) is 2.95. The molecule has 0 spiro atoms. The lowest BCUT2D eigenvalue weighted by molar-refractivity contribution is -0.128. The molecule has 3 aromatic rings. The summed E-state index contributed by atoms with van der Waals surface area (Å²) < 4.78 is 2.11. The largest absolute Gasteiger partial charge is 0.348 e. The molecule has 0 saturated carbocycles. The maximum atomic E-state index is 13.1. The van der Waals surface area contributed by atoms with Gasteiger partial charge in [0.2, 0.25) is 5.91 Å². The molecule has 1 amide bonds. The number of likely N-dealkylation sites (N-methyl/N-ethyl adjacent to an activating group) is 1. The number of carbonyl (C=O) groups is 1. The van der Waals surface area contributed by atoms with Crippen molar-refractivity contribution in [3.05, 3.63) is 72.1 Å². The van der Waals surface area contributed by atoms with Crippen molar-refractivity contribution in [3.63, 3.8) is 0 Å². The molecular weight excluding hydrogens is 406 g/mol. The molecule has 1 fully saturated rings. The summed E-state index contributed by atoms with van der Waals surface area (Å²) in [5, 5.41) is 9.46. The zero-order valence-electron chi connectivity index (χ0n) is 18.1. The molecule has 1 aliphatic rings. The number of benzene rings is 2. The summed E-state index contributed by atoms with van der Waals surface area (Å²) in [5.41, 5.74) is 1.98. The molecular formula is C24H29N5OS. The van der Waals surface area contributed by atoms with Crippen molar-refractivity contribution in [2.24, 2.45) is 0 Å². The van der Waals surface area contributed by atoms with Crippen molar-refractivity contribution in [1.82, 2.24) is 24.6 Å². The van der Waals surface area contributed by atoms with Crippen LogP contribution in [0.1, 0.15) is 35.9 Å². The van der Waals surface area contributed by atoms with Gasteiger partial charge in [0, 0.05) is 19.8 Å². The minimum atomic E-state index is -0.384. The number of para-hydroxylation sites is 1. The summed E-state index contributed by atoms with van der Waals surface area (Å²) in [6, 6.07) is 20.1. The Kier molecular flexibility index (Phi) is 7.04. The molecule has 31 heavy (non-hydrogen) atoms. The van der Waals surface area contributed by atoms with Crippen LogP contribution in [-0.4, -0.2) is 57.7 Å². The van der Waals surface area contributed by atoms with Gasteiger partial charge in [-0.15, -0.1) is 10.2 Å². The number of rotatable bonds is 7. The molecule has 2 aromatic carbocycles. The predicted molar refractivity (Wildman–Crippen MR) is 124 cm³/mol. The van der Waals surface area contributed by atoms with Crippen LogP contribution in [0.3, 0.4) is 0 Å². The first-order valence-electron chi connectivity index (χ1n) is 10.8. The Morgan fingerprint density at radius 3 is 2.26 bits per heavy atom. The fourth-order valence-corrected chi connectivity index (χ4v) is 5.08. The second-order valence-corrected chi connectivity index (χ2v) is 9.12. The van der Waals surface area contributed by atoms with E-state index in [4.69, 9.17) is 0 Å². The lowest BCUT2D eigenvalue weighted by atomic mass is 10.1. The van der Waals surface area contributed by atoms with E-state index in [2.05, 4.69) is 31.8 Å². The van der Waals surface area contributed by atoms with Crippen LogP contribution in [0.25, 0.3) is 5.69 Å². The minimum Gasteiger partial charge on any atom is -0.348 e. The van der Waals surface area contributed by atoms with Gasteiger partial charge in [-0.3, -0.25) is 14.3 Å². The Hall–Kier alpha value is -2.64. The molecule has 0 aliphatic carbocycles. The second kappa shape index (κ2) is 10.1. The molecule has 162 valence electrons. The maximum Gasteiger partial charge on any atom is 0.240 e. The van der Waals surface area contributed by atoms with Crippen molar-refractivity contribution in [3.8, 4) is 5.69 Å². The van der Waals surface area contributed by atoms with Gasteiger partial charge in [0.15, 0.2) is 11.0 Å². The topological polar surface area (TPSA) is 54.3 Å². The highest BCUT2D eigenvalue weighted by Gasteiger charge is 2.27. The molecule has 1 aliphatic heterocycles. The third kappa shape index (κ3) is 5.17. The molecule has 6 nitrogen and oxygen atoms in total. The first kappa shape index (κ1) is 21.6. The average Bonchev–Trinajstić information content (AvgIpc) is 3.20. The molecule has 1 aromatic heterocycles. The quantitative estimate of drug-likeness (QED) is 0.521. The van der Waals surface area contributed by atoms with Gasteiger partial charge in [-0.1, -0.05) is 66.7 Å². The van der Waals surface area contributed by atoms with E-state index >= 15 is 0 Å². The third-order valence-electron chi connectivity index (χ3n) is 5.52. The Balaban J connectivity index is 1.70. The highest BCUT2D eigenvalue weighted by molar-refractivity contribution is 8.00. The number of nitrogens with zero attached hydrogens (tertiary/aromatic N) is 5. The van der Waals surface area contributed by atoms with Crippen LogP contribution in [0, 0.1) is 0 Å². The first-order chi connectivity index (χ1) is 15.1. The summed E-state index contributed by atoms with van der Waals surface area (Å²) in [4.78, 5) is 17.1. The monoisotopic (exact) mass is 435 g/mol. The van der Waals surface area contributed by atoms with Crippen LogP contribution >= 0.6 is 11.8 Å². The van der Waals surface area contributed by atoms with Crippen LogP contribution in [0.4, 0.5) is 0 Å². The third-order valence-corrected chi connectivity index (χ3v) is 6.70. The lowest BCUT2D eigenvalue weighted by Crippen LogP contribution is -2.30. The fourth-order valence-electron chi connectivity index (χ4n) is 3.86. The van der Waals surface area contributed by atoms with Gasteiger partial charge in [-0.25, -0.2) is 0 Å². The number of amides is 1. The van der Waals surface area contributed by atoms with Crippen LogP contribution in [-0.2, 0) is 11.3 Å². The van der Waals surface area contributed by atoms with Crippen LogP contribution < -0.4 is 0 Å². The van der Waals surface area contributed by atoms with Gasteiger partial charge in [0.05, 0.1) is 6.54 Å². The summed E-state index contributed by atoms with van der Waals surface area (Å²) in [5.74, 6) is 0.955. The summed E-state index contributed by atoms with van der Waals surface area (Å²) in [6.07, 6.45) is 3.76. The Bertz CT molecular complexity index is 984. The van der Waals surface area contributed by atoms with E-state index in [1.54, 1.807) is 19.0 Å². The smallest absolute Gasteiger partial charge is 0.240 e. The van der Waals surface area contributed by atoms with Gasteiger partial charge in [0.1, 0.15) is 5.25 Å². The number of thioether (sulfide) groups is 1. The van der Waals surface area contributed by atoms with E-state index < -0.39 is 0 Å². The Morgan fingerprint density at radius 2 is 1.61 bits per heavy atom. The molecule has 1 saturated heterocycles. The van der Waals surface area contributed by atoms with E-state index in [0.717, 1.165) is 41.9 Å². The highest BCUT2D eigenvalue weighted by Crippen LogP contribution is 2.37. The van der Waals surface area contributed by atoms with Crippen LogP contribution in [0.2, 0.25) is 0 Å². The van der Waals surface area contributed by atoms with Crippen LogP contribution in [0.5, 0.6) is 0 Å². The molecule has 1 unspecified atom stereocenters. The van der Waals surface area contributed by atoms with Gasteiger partial charge in [-0.2, -0.15) is 0 Å². The molecule has 4 rings (SSSR count). The van der Waals surface area contributed by atoms with E-state index in [9.17, 15) is 4.79 Å². The maximum absolute atomic E-state index is 13.1.